The van der Waals surface area contributed by atoms with Gasteiger partial charge in [-0.1, -0.05) is 23.7 Å². The van der Waals surface area contributed by atoms with E-state index < -0.39 is 0 Å². The number of aromatic nitrogens is 4. The van der Waals surface area contributed by atoms with Gasteiger partial charge in [-0.05, 0) is 18.2 Å². The fourth-order valence-electron chi connectivity index (χ4n) is 2.58. The molecule has 3 heterocycles. The van der Waals surface area contributed by atoms with Crippen molar-refractivity contribution in [2.24, 2.45) is 7.05 Å². The molecule has 0 spiro atoms. The number of allylic oxidation sites excluding steroid dienone is 1. The van der Waals surface area contributed by atoms with Crippen molar-refractivity contribution in [3.63, 3.8) is 0 Å². The second kappa shape index (κ2) is 5.23. The Morgan fingerprint density at radius 2 is 2.17 bits per heavy atom. The molecule has 4 aromatic rings. The summed E-state index contributed by atoms with van der Waals surface area (Å²) < 4.78 is 3.77. The largest absolute Gasteiger partial charge is 0.326 e. The van der Waals surface area contributed by atoms with Gasteiger partial charge in [-0.3, -0.25) is 4.40 Å². The SMILES string of the molecule is Cn1c(C(C#N)=Cc2c(Cl)nc3sccn23)nc2ccccc21. The molecule has 0 N–H and O–H groups in total. The number of halogens is 1. The highest BCUT2D eigenvalue weighted by molar-refractivity contribution is 7.15. The van der Waals surface area contributed by atoms with E-state index in [9.17, 15) is 5.26 Å². The fraction of sp³-hybridized carbons (Fsp3) is 0.0625. The van der Waals surface area contributed by atoms with Crippen molar-refractivity contribution in [1.29, 1.82) is 5.26 Å². The van der Waals surface area contributed by atoms with E-state index in [4.69, 9.17) is 11.6 Å². The fourth-order valence-corrected chi connectivity index (χ4v) is 3.57. The molecular formula is C16H10ClN5S. The summed E-state index contributed by atoms with van der Waals surface area (Å²) in [6.07, 6.45) is 3.62. The number of hydrogen-bond donors (Lipinski definition) is 0. The number of nitriles is 1. The van der Waals surface area contributed by atoms with Crippen LogP contribution in [-0.4, -0.2) is 18.9 Å². The minimum atomic E-state index is 0.378. The quantitative estimate of drug-likeness (QED) is 0.519. The average molecular weight is 340 g/mol. The van der Waals surface area contributed by atoms with Crippen molar-refractivity contribution >= 4 is 50.6 Å². The van der Waals surface area contributed by atoms with E-state index in [1.54, 1.807) is 6.08 Å². The summed E-state index contributed by atoms with van der Waals surface area (Å²) in [4.78, 5) is 9.64. The third-order valence-corrected chi connectivity index (χ3v) is 4.72. The standard InChI is InChI=1S/C16H10ClN5S/c1-21-12-5-3-2-4-11(12)19-15(21)10(9-18)8-13-14(17)20-16-22(13)6-7-23-16/h2-8H,1H3. The zero-order chi connectivity index (χ0) is 16.0. The molecule has 0 radical (unpaired) electrons. The zero-order valence-corrected chi connectivity index (χ0v) is 13.6. The normalized spacial score (nSPS) is 12.1. The van der Waals surface area contributed by atoms with Gasteiger partial charge >= 0.3 is 0 Å². The number of thiazole rings is 1. The van der Waals surface area contributed by atoms with E-state index in [1.165, 1.54) is 11.3 Å². The Balaban J connectivity index is 1.94. The van der Waals surface area contributed by atoms with Crippen LogP contribution in [0.5, 0.6) is 0 Å². The first-order valence-electron chi connectivity index (χ1n) is 6.83. The lowest BCUT2D eigenvalue weighted by Crippen LogP contribution is -1.96. The first kappa shape index (κ1) is 14.0. The molecule has 7 heteroatoms. The number of para-hydroxylation sites is 2. The van der Waals surface area contributed by atoms with Crippen molar-refractivity contribution in [2.45, 2.75) is 0 Å². The Morgan fingerprint density at radius 1 is 1.35 bits per heavy atom. The summed E-state index contributed by atoms with van der Waals surface area (Å²) in [5.74, 6) is 0.606. The minimum absolute atomic E-state index is 0.378. The van der Waals surface area contributed by atoms with Gasteiger partial charge in [0.05, 0.1) is 22.3 Å². The van der Waals surface area contributed by atoms with Gasteiger partial charge in [0.15, 0.2) is 15.9 Å². The molecule has 0 fully saturated rings. The molecule has 0 aliphatic carbocycles. The molecule has 1 aromatic carbocycles. The lowest BCUT2D eigenvalue weighted by molar-refractivity contribution is 0.925. The van der Waals surface area contributed by atoms with Gasteiger partial charge in [-0.15, -0.1) is 11.3 Å². The van der Waals surface area contributed by atoms with Crippen LogP contribution in [0.2, 0.25) is 5.15 Å². The summed E-state index contributed by atoms with van der Waals surface area (Å²) in [6.45, 7) is 0. The van der Waals surface area contributed by atoms with Crippen LogP contribution in [0.4, 0.5) is 0 Å². The maximum absolute atomic E-state index is 9.60. The van der Waals surface area contributed by atoms with Crippen molar-refractivity contribution in [2.75, 3.05) is 0 Å². The lowest BCUT2D eigenvalue weighted by atomic mass is 10.2. The smallest absolute Gasteiger partial charge is 0.195 e. The number of fused-ring (bicyclic) bond motifs is 2. The third-order valence-electron chi connectivity index (χ3n) is 3.68. The van der Waals surface area contributed by atoms with Crippen molar-refractivity contribution in [3.8, 4) is 6.07 Å². The van der Waals surface area contributed by atoms with Crippen molar-refractivity contribution < 1.29 is 0 Å². The van der Waals surface area contributed by atoms with Gasteiger partial charge in [0.1, 0.15) is 6.07 Å². The zero-order valence-electron chi connectivity index (χ0n) is 12.1. The first-order valence-corrected chi connectivity index (χ1v) is 8.09. The molecule has 23 heavy (non-hydrogen) atoms. The van der Waals surface area contributed by atoms with E-state index in [1.807, 2.05) is 51.9 Å². The second-order valence-electron chi connectivity index (χ2n) is 5.00. The molecule has 112 valence electrons. The highest BCUT2D eigenvalue weighted by Gasteiger charge is 2.15. The molecule has 4 rings (SSSR count). The predicted octanol–water partition coefficient (Wildman–Crippen LogP) is 4.00. The van der Waals surface area contributed by atoms with Crippen molar-refractivity contribution in [3.05, 3.63) is 52.5 Å². The monoisotopic (exact) mass is 339 g/mol. The maximum atomic E-state index is 9.60. The summed E-state index contributed by atoms with van der Waals surface area (Å²) in [7, 11) is 1.90. The molecule has 0 saturated carbocycles. The number of nitrogens with zero attached hydrogens (tertiary/aromatic N) is 5. The van der Waals surface area contributed by atoms with Gasteiger partial charge < -0.3 is 4.57 Å². The van der Waals surface area contributed by atoms with Gasteiger partial charge in [-0.2, -0.15) is 5.26 Å². The van der Waals surface area contributed by atoms with Crippen LogP contribution in [0.25, 0.3) is 27.6 Å². The lowest BCUT2D eigenvalue weighted by Gasteiger charge is -2.01. The molecule has 0 aliphatic heterocycles. The van der Waals surface area contributed by atoms with E-state index >= 15 is 0 Å². The average Bonchev–Trinajstić information content (AvgIpc) is 3.21. The van der Waals surface area contributed by atoms with Crippen LogP contribution >= 0.6 is 22.9 Å². The van der Waals surface area contributed by atoms with Crippen LogP contribution in [-0.2, 0) is 7.05 Å². The Bertz CT molecular complexity index is 1110. The number of hydrogen-bond acceptors (Lipinski definition) is 4. The molecule has 0 unspecified atom stereocenters. The van der Waals surface area contributed by atoms with E-state index in [2.05, 4.69) is 16.0 Å². The second-order valence-corrected chi connectivity index (χ2v) is 6.23. The number of rotatable bonds is 2. The Labute approximate surface area is 140 Å². The number of benzene rings is 1. The van der Waals surface area contributed by atoms with Crippen molar-refractivity contribution in [1.82, 2.24) is 18.9 Å². The van der Waals surface area contributed by atoms with Gasteiger partial charge in [0.25, 0.3) is 0 Å². The third kappa shape index (κ3) is 2.13. The molecule has 0 bridgehead atoms. The van der Waals surface area contributed by atoms with Crippen LogP contribution in [0.1, 0.15) is 11.5 Å². The van der Waals surface area contributed by atoms with Crippen LogP contribution in [0, 0.1) is 11.3 Å². The van der Waals surface area contributed by atoms with Crippen LogP contribution < -0.4 is 0 Å². The van der Waals surface area contributed by atoms with E-state index in [-0.39, 0.29) is 0 Å². The summed E-state index contributed by atoms with van der Waals surface area (Å²) in [5, 5.41) is 11.9. The first-order chi connectivity index (χ1) is 11.2. The molecule has 0 saturated heterocycles. The summed E-state index contributed by atoms with van der Waals surface area (Å²) in [6, 6.07) is 10.0. The molecule has 0 atom stereocenters. The van der Waals surface area contributed by atoms with Crippen LogP contribution in [0.15, 0.2) is 35.8 Å². The molecule has 0 amide bonds. The minimum Gasteiger partial charge on any atom is -0.326 e. The maximum Gasteiger partial charge on any atom is 0.195 e. The highest BCUT2D eigenvalue weighted by Crippen LogP contribution is 2.27. The molecule has 5 nitrogen and oxygen atoms in total. The molecular weight excluding hydrogens is 330 g/mol. The van der Waals surface area contributed by atoms with E-state index in [0.29, 0.717) is 22.2 Å². The summed E-state index contributed by atoms with van der Waals surface area (Å²) in [5.41, 5.74) is 2.96. The predicted molar refractivity (Wildman–Crippen MR) is 92.3 cm³/mol. The Kier molecular flexibility index (Phi) is 3.18. The Morgan fingerprint density at radius 3 is 2.96 bits per heavy atom. The molecule has 0 aliphatic rings. The Hall–Kier alpha value is -2.62. The number of imidazole rings is 2. The van der Waals surface area contributed by atoms with E-state index in [0.717, 1.165) is 16.0 Å². The van der Waals surface area contributed by atoms with Crippen LogP contribution in [0.3, 0.4) is 0 Å². The summed E-state index contributed by atoms with van der Waals surface area (Å²) >= 11 is 7.70. The van der Waals surface area contributed by atoms with Gasteiger partial charge in [0, 0.05) is 18.6 Å². The van der Waals surface area contributed by atoms with Gasteiger partial charge in [0.2, 0.25) is 0 Å². The number of aryl methyl sites for hydroxylation is 1. The topological polar surface area (TPSA) is 58.9 Å². The highest BCUT2D eigenvalue weighted by atomic mass is 35.5. The molecule has 3 aromatic heterocycles. The van der Waals surface area contributed by atoms with Gasteiger partial charge in [-0.25, -0.2) is 9.97 Å².